The number of fused-ring (bicyclic) bond motifs is 3. The third-order valence-corrected chi connectivity index (χ3v) is 5.33. The molecule has 0 aliphatic carbocycles. The van der Waals surface area contributed by atoms with E-state index in [-0.39, 0.29) is 0 Å². The standard InChI is InChI=1S/C21H16N4/c1-23-11-5-8-16-20(23)19-18-15(9-10-22-19)12-24-17(13-25(16)21(18)24)14-6-3-2-4-7-14/h2-11,13H,12H2,1H3/q+2. The van der Waals surface area contributed by atoms with Crippen LogP contribution in [0.1, 0.15) is 5.56 Å². The second-order valence-corrected chi connectivity index (χ2v) is 6.71. The van der Waals surface area contributed by atoms with Gasteiger partial charge in [0.2, 0.25) is 5.52 Å². The number of nitrogens with zero attached hydrogens (tertiary/aromatic N) is 4. The summed E-state index contributed by atoms with van der Waals surface area (Å²) >= 11 is 0. The molecule has 1 aliphatic heterocycles. The predicted octanol–water partition coefficient (Wildman–Crippen LogP) is 2.78. The fourth-order valence-electron chi connectivity index (χ4n) is 4.25. The van der Waals surface area contributed by atoms with Crippen LogP contribution < -0.4 is 8.97 Å². The second kappa shape index (κ2) is 4.42. The van der Waals surface area contributed by atoms with Crippen molar-refractivity contribution in [3.8, 4) is 11.3 Å². The minimum atomic E-state index is 0.898. The summed E-state index contributed by atoms with van der Waals surface area (Å²) in [5, 5.41) is 1.28. The van der Waals surface area contributed by atoms with Crippen LogP contribution in [-0.2, 0) is 13.6 Å². The quantitative estimate of drug-likeness (QED) is 0.337. The zero-order valence-corrected chi connectivity index (χ0v) is 13.8. The molecule has 1 aliphatic rings. The molecular formula is C21H16N4+2. The molecule has 0 fully saturated rings. The van der Waals surface area contributed by atoms with Crippen molar-refractivity contribution >= 4 is 27.6 Å². The Morgan fingerprint density at radius 3 is 2.80 bits per heavy atom. The third kappa shape index (κ3) is 1.54. The Balaban J connectivity index is 1.90. The molecule has 5 aromatic rings. The average molecular weight is 324 g/mol. The van der Waals surface area contributed by atoms with Gasteiger partial charge in [-0.2, -0.15) is 8.97 Å². The van der Waals surface area contributed by atoms with Crippen molar-refractivity contribution in [2.45, 2.75) is 6.54 Å². The van der Waals surface area contributed by atoms with Gasteiger partial charge in [0.1, 0.15) is 25.2 Å². The second-order valence-electron chi connectivity index (χ2n) is 6.71. The van der Waals surface area contributed by atoms with Gasteiger partial charge in [-0.05, 0) is 12.1 Å². The summed E-state index contributed by atoms with van der Waals surface area (Å²) in [6.45, 7) is 0.898. The molecule has 4 nitrogen and oxygen atoms in total. The molecule has 0 N–H and O–H groups in total. The molecule has 0 radical (unpaired) electrons. The minimum absolute atomic E-state index is 0.898. The smallest absolute Gasteiger partial charge is 0.249 e. The Morgan fingerprint density at radius 2 is 1.92 bits per heavy atom. The Labute approximate surface area is 144 Å². The first kappa shape index (κ1) is 13.1. The lowest BCUT2D eigenvalue weighted by atomic mass is 10.1. The fraction of sp³-hybridized carbons (Fsp3) is 0.0952. The van der Waals surface area contributed by atoms with E-state index in [1.165, 1.54) is 38.9 Å². The van der Waals surface area contributed by atoms with Gasteiger partial charge in [0, 0.05) is 23.4 Å². The zero-order chi connectivity index (χ0) is 16.5. The SMILES string of the molecule is C[n+]1cccc2c1c1nccc3c1c1n(c(-c4ccccc4)c[n+]21)C3. The van der Waals surface area contributed by atoms with E-state index in [4.69, 9.17) is 4.98 Å². The lowest BCUT2D eigenvalue weighted by Crippen LogP contribution is -2.33. The molecule has 25 heavy (non-hydrogen) atoms. The molecule has 0 spiro atoms. The first-order chi connectivity index (χ1) is 12.3. The number of imidazole rings is 1. The first-order valence-corrected chi connectivity index (χ1v) is 8.51. The maximum atomic E-state index is 4.75. The number of hydrogen-bond acceptors (Lipinski definition) is 1. The van der Waals surface area contributed by atoms with Crippen molar-refractivity contribution in [1.29, 1.82) is 0 Å². The maximum absolute atomic E-state index is 4.75. The van der Waals surface area contributed by atoms with Gasteiger partial charge in [-0.1, -0.05) is 30.3 Å². The number of hydrogen-bond donors (Lipinski definition) is 0. The summed E-state index contributed by atoms with van der Waals surface area (Å²) in [5.41, 5.74) is 8.54. The van der Waals surface area contributed by atoms with Crippen LogP contribution in [0.4, 0.5) is 0 Å². The third-order valence-electron chi connectivity index (χ3n) is 5.33. The van der Waals surface area contributed by atoms with Gasteiger partial charge in [-0.3, -0.25) is 0 Å². The summed E-state index contributed by atoms with van der Waals surface area (Å²) in [6, 6.07) is 17.1. The van der Waals surface area contributed by atoms with Crippen LogP contribution in [0.25, 0.3) is 38.8 Å². The van der Waals surface area contributed by atoms with E-state index in [0.717, 1.165) is 12.1 Å². The van der Waals surface area contributed by atoms with E-state index in [1.54, 1.807) is 0 Å². The molecule has 0 amide bonds. The molecule has 0 bridgehead atoms. The normalized spacial score (nSPS) is 12.8. The van der Waals surface area contributed by atoms with Gasteiger partial charge < -0.3 is 0 Å². The van der Waals surface area contributed by atoms with Crippen molar-refractivity contribution < 1.29 is 8.97 Å². The van der Waals surface area contributed by atoms with Crippen LogP contribution in [0.2, 0.25) is 0 Å². The van der Waals surface area contributed by atoms with E-state index in [1.807, 2.05) is 6.20 Å². The fourth-order valence-corrected chi connectivity index (χ4v) is 4.25. The average Bonchev–Trinajstić information content (AvgIpc) is 3.20. The van der Waals surface area contributed by atoms with Crippen LogP contribution >= 0.6 is 0 Å². The number of pyridine rings is 3. The van der Waals surface area contributed by atoms with E-state index in [2.05, 4.69) is 81.5 Å². The lowest BCUT2D eigenvalue weighted by Gasteiger charge is -2.01. The summed E-state index contributed by atoms with van der Waals surface area (Å²) in [7, 11) is 2.09. The van der Waals surface area contributed by atoms with Gasteiger partial charge >= 0.3 is 0 Å². The molecular weight excluding hydrogens is 308 g/mol. The molecule has 5 heterocycles. The minimum Gasteiger partial charge on any atom is -0.249 e. The van der Waals surface area contributed by atoms with Crippen LogP contribution in [0.15, 0.2) is 67.1 Å². The van der Waals surface area contributed by atoms with Gasteiger partial charge in [-0.25, -0.2) is 9.55 Å². The molecule has 1 aromatic carbocycles. The Bertz CT molecular complexity index is 1320. The Hall–Kier alpha value is -3.27. The zero-order valence-electron chi connectivity index (χ0n) is 13.8. The number of rotatable bonds is 1. The maximum Gasteiger partial charge on any atom is 0.298 e. The lowest BCUT2D eigenvalue weighted by molar-refractivity contribution is -0.647. The highest BCUT2D eigenvalue weighted by molar-refractivity contribution is 6.06. The van der Waals surface area contributed by atoms with Crippen LogP contribution in [0.5, 0.6) is 0 Å². The van der Waals surface area contributed by atoms with Gasteiger partial charge in [0.25, 0.3) is 11.2 Å². The number of aryl methyl sites for hydroxylation is 1. The van der Waals surface area contributed by atoms with E-state index >= 15 is 0 Å². The molecule has 0 saturated heterocycles. The van der Waals surface area contributed by atoms with Crippen LogP contribution in [0.3, 0.4) is 0 Å². The van der Waals surface area contributed by atoms with Crippen molar-refractivity contribution in [2.24, 2.45) is 7.05 Å². The Morgan fingerprint density at radius 1 is 1.04 bits per heavy atom. The highest BCUT2D eigenvalue weighted by atomic mass is 15.1. The largest absolute Gasteiger partial charge is 0.298 e. The van der Waals surface area contributed by atoms with Gasteiger partial charge in [0.15, 0.2) is 17.4 Å². The summed E-state index contributed by atoms with van der Waals surface area (Å²) in [4.78, 5) is 4.75. The van der Waals surface area contributed by atoms with E-state index < -0.39 is 0 Å². The highest BCUT2D eigenvalue weighted by Gasteiger charge is 2.34. The number of aromatic nitrogens is 4. The highest BCUT2D eigenvalue weighted by Crippen LogP contribution is 2.34. The molecule has 4 heteroatoms. The van der Waals surface area contributed by atoms with E-state index in [0.29, 0.717) is 0 Å². The number of benzene rings is 1. The molecule has 0 unspecified atom stereocenters. The topological polar surface area (TPSA) is 25.8 Å². The van der Waals surface area contributed by atoms with Crippen LogP contribution in [0, 0.1) is 0 Å². The van der Waals surface area contributed by atoms with Gasteiger partial charge in [-0.15, -0.1) is 0 Å². The molecule has 4 aromatic heterocycles. The van der Waals surface area contributed by atoms with E-state index in [9.17, 15) is 0 Å². The monoisotopic (exact) mass is 324 g/mol. The molecule has 6 rings (SSSR count). The summed E-state index contributed by atoms with van der Waals surface area (Å²) in [5.74, 6) is 0. The molecule has 0 saturated carbocycles. The van der Waals surface area contributed by atoms with Crippen molar-refractivity contribution in [1.82, 2.24) is 9.55 Å². The van der Waals surface area contributed by atoms with Crippen molar-refractivity contribution in [3.05, 3.63) is 72.7 Å². The molecule has 118 valence electrons. The molecule has 0 atom stereocenters. The summed E-state index contributed by atoms with van der Waals surface area (Å²) < 4.78 is 6.92. The van der Waals surface area contributed by atoms with Crippen molar-refractivity contribution in [2.75, 3.05) is 0 Å². The Kier molecular flexibility index (Phi) is 2.31. The van der Waals surface area contributed by atoms with Crippen molar-refractivity contribution in [3.63, 3.8) is 0 Å². The summed E-state index contributed by atoms with van der Waals surface area (Å²) in [6.07, 6.45) is 6.30. The first-order valence-electron chi connectivity index (χ1n) is 8.51. The van der Waals surface area contributed by atoms with Crippen LogP contribution in [-0.4, -0.2) is 9.55 Å². The predicted molar refractivity (Wildman–Crippen MR) is 96.1 cm³/mol. The van der Waals surface area contributed by atoms with Gasteiger partial charge in [0.05, 0.1) is 0 Å².